The summed E-state index contributed by atoms with van der Waals surface area (Å²) in [4.78, 5) is 15.5. The SMILES string of the molecule is CCCc1nc(C(=O)[O-])cc2c3ccccc3n(CC)c12.[Na+]. The van der Waals surface area contributed by atoms with Crippen LogP contribution < -0.4 is 34.7 Å². The Kier molecular flexibility index (Phi) is 5.27. The monoisotopic (exact) mass is 304 g/mol. The minimum atomic E-state index is -1.22. The van der Waals surface area contributed by atoms with E-state index in [4.69, 9.17) is 0 Å². The van der Waals surface area contributed by atoms with Crippen LogP contribution in [-0.4, -0.2) is 15.5 Å². The van der Waals surface area contributed by atoms with Gasteiger partial charge >= 0.3 is 29.6 Å². The maximum Gasteiger partial charge on any atom is 1.00 e. The molecule has 0 spiro atoms. The molecule has 2 heterocycles. The molecule has 0 bridgehead atoms. The molecule has 0 saturated carbocycles. The molecule has 0 radical (unpaired) electrons. The van der Waals surface area contributed by atoms with E-state index < -0.39 is 5.97 Å². The van der Waals surface area contributed by atoms with Crippen LogP contribution in [0.3, 0.4) is 0 Å². The summed E-state index contributed by atoms with van der Waals surface area (Å²) < 4.78 is 2.21. The fraction of sp³-hybridized carbons (Fsp3) is 0.294. The number of benzene rings is 1. The number of pyridine rings is 1. The molecule has 0 aliphatic carbocycles. The zero-order valence-electron chi connectivity index (χ0n) is 13.2. The van der Waals surface area contributed by atoms with E-state index in [1.807, 2.05) is 18.2 Å². The fourth-order valence-electron chi connectivity index (χ4n) is 3.00. The van der Waals surface area contributed by atoms with Crippen molar-refractivity contribution in [2.45, 2.75) is 33.2 Å². The van der Waals surface area contributed by atoms with Gasteiger partial charge in [-0.3, -0.25) is 0 Å². The Labute approximate surface area is 151 Å². The summed E-state index contributed by atoms with van der Waals surface area (Å²) in [5, 5.41) is 13.2. The molecule has 0 amide bonds. The van der Waals surface area contributed by atoms with Crippen molar-refractivity contribution >= 4 is 27.8 Å². The zero-order valence-corrected chi connectivity index (χ0v) is 15.2. The Morgan fingerprint density at radius 3 is 2.59 bits per heavy atom. The number of para-hydroxylation sites is 1. The van der Waals surface area contributed by atoms with Gasteiger partial charge in [0.2, 0.25) is 0 Å². The van der Waals surface area contributed by atoms with Crippen LogP contribution in [0.4, 0.5) is 0 Å². The minimum absolute atomic E-state index is 0. The van der Waals surface area contributed by atoms with Crippen LogP contribution in [0.5, 0.6) is 0 Å². The van der Waals surface area contributed by atoms with E-state index in [2.05, 4.69) is 29.5 Å². The van der Waals surface area contributed by atoms with Gasteiger partial charge in [-0.25, -0.2) is 4.98 Å². The van der Waals surface area contributed by atoms with E-state index in [0.29, 0.717) is 0 Å². The molecule has 0 saturated heterocycles. The Balaban J connectivity index is 0.00000176. The van der Waals surface area contributed by atoms with Crippen LogP contribution in [0.25, 0.3) is 21.8 Å². The number of carbonyl (C=O) groups excluding carboxylic acids is 1. The Hall–Kier alpha value is -1.36. The largest absolute Gasteiger partial charge is 1.00 e. The summed E-state index contributed by atoms with van der Waals surface area (Å²) >= 11 is 0. The average Bonchev–Trinajstić information content (AvgIpc) is 2.81. The fourth-order valence-corrected chi connectivity index (χ4v) is 3.00. The summed E-state index contributed by atoms with van der Waals surface area (Å²) in [5.74, 6) is -1.22. The molecule has 0 aliphatic rings. The predicted octanol–water partition coefficient (Wildman–Crippen LogP) is -0.471. The molecule has 5 heteroatoms. The second-order valence-corrected chi connectivity index (χ2v) is 5.15. The third-order valence-corrected chi connectivity index (χ3v) is 3.83. The van der Waals surface area contributed by atoms with E-state index in [0.717, 1.165) is 46.9 Å². The van der Waals surface area contributed by atoms with Crippen molar-refractivity contribution in [3.63, 3.8) is 0 Å². The van der Waals surface area contributed by atoms with Crippen LogP contribution >= 0.6 is 0 Å². The zero-order chi connectivity index (χ0) is 15.0. The van der Waals surface area contributed by atoms with Gasteiger partial charge in [0.15, 0.2) is 0 Å². The van der Waals surface area contributed by atoms with Crippen molar-refractivity contribution in [2.24, 2.45) is 0 Å². The van der Waals surface area contributed by atoms with E-state index >= 15 is 0 Å². The van der Waals surface area contributed by atoms with Crippen molar-refractivity contribution in [2.75, 3.05) is 0 Å². The normalized spacial score (nSPS) is 10.8. The molecule has 4 nitrogen and oxygen atoms in total. The summed E-state index contributed by atoms with van der Waals surface area (Å²) in [6, 6.07) is 9.70. The minimum Gasteiger partial charge on any atom is -0.543 e. The second-order valence-electron chi connectivity index (χ2n) is 5.15. The number of hydrogen-bond donors (Lipinski definition) is 0. The molecule has 0 atom stereocenters. The molecular weight excluding hydrogens is 287 g/mol. The first-order chi connectivity index (χ1) is 10.2. The van der Waals surface area contributed by atoms with Gasteiger partial charge in [-0.05, 0) is 25.5 Å². The van der Waals surface area contributed by atoms with Crippen molar-refractivity contribution in [1.82, 2.24) is 9.55 Å². The Morgan fingerprint density at radius 2 is 1.95 bits per heavy atom. The van der Waals surface area contributed by atoms with Gasteiger partial charge in [0.1, 0.15) is 0 Å². The van der Waals surface area contributed by atoms with Gasteiger partial charge in [-0.15, -0.1) is 0 Å². The first-order valence-corrected chi connectivity index (χ1v) is 7.29. The Morgan fingerprint density at radius 1 is 1.23 bits per heavy atom. The van der Waals surface area contributed by atoms with E-state index in [1.165, 1.54) is 0 Å². The molecule has 22 heavy (non-hydrogen) atoms. The van der Waals surface area contributed by atoms with Gasteiger partial charge in [0.25, 0.3) is 0 Å². The predicted molar refractivity (Wildman–Crippen MR) is 81.2 cm³/mol. The number of hydrogen-bond acceptors (Lipinski definition) is 3. The second kappa shape index (κ2) is 6.82. The summed E-state index contributed by atoms with van der Waals surface area (Å²) in [6.07, 6.45) is 1.68. The topological polar surface area (TPSA) is 57.9 Å². The van der Waals surface area contributed by atoms with E-state index in [1.54, 1.807) is 6.07 Å². The molecule has 108 valence electrons. The van der Waals surface area contributed by atoms with Crippen molar-refractivity contribution in [1.29, 1.82) is 0 Å². The molecular formula is C17H17N2NaO2. The van der Waals surface area contributed by atoms with Gasteiger partial charge in [-0.2, -0.15) is 0 Å². The van der Waals surface area contributed by atoms with Crippen molar-refractivity contribution in [3.05, 3.63) is 41.7 Å². The number of aromatic carboxylic acids is 1. The van der Waals surface area contributed by atoms with Gasteiger partial charge in [0, 0.05) is 22.8 Å². The number of aryl methyl sites for hydroxylation is 2. The number of aromatic nitrogens is 2. The molecule has 3 aromatic rings. The molecule has 2 aromatic heterocycles. The van der Waals surface area contributed by atoms with Crippen LogP contribution in [0.1, 0.15) is 36.5 Å². The van der Waals surface area contributed by atoms with Crippen molar-refractivity contribution in [3.8, 4) is 0 Å². The average molecular weight is 304 g/mol. The third-order valence-electron chi connectivity index (χ3n) is 3.83. The van der Waals surface area contributed by atoms with Gasteiger partial charge in [-0.1, -0.05) is 31.5 Å². The first kappa shape index (κ1) is 17.0. The van der Waals surface area contributed by atoms with Crippen LogP contribution in [0.2, 0.25) is 0 Å². The maximum atomic E-state index is 11.2. The maximum absolute atomic E-state index is 11.2. The molecule has 0 fully saturated rings. The summed E-state index contributed by atoms with van der Waals surface area (Å²) in [5.41, 5.74) is 3.02. The van der Waals surface area contributed by atoms with Gasteiger partial charge < -0.3 is 14.5 Å². The number of carboxylic acids is 1. The Bertz CT molecular complexity index is 839. The third kappa shape index (κ3) is 2.67. The quantitative estimate of drug-likeness (QED) is 0.612. The first-order valence-electron chi connectivity index (χ1n) is 7.29. The number of fused-ring (bicyclic) bond motifs is 3. The molecule has 0 N–H and O–H groups in total. The van der Waals surface area contributed by atoms with E-state index in [9.17, 15) is 9.90 Å². The van der Waals surface area contributed by atoms with Crippen LogP contribution in [-0.2, 0) is 13.0 Å². The standard InChI is InChI=1S/C17H18N2O2.Na/c1-3-7-13-16-12(10-14(18-13)17(20)21)11-8-5-6-9-15(11)19(16)4-2;/h5-6,8-10H,3-4,7H2,1-2H3,(H,20,21);/q;+1/p-1. The number of rotatable bonds is 4. The number of carbonyl (C=O) groups is 1. The molecule has 3 rings (SSSR count). The molecule has 0 unspecified atom stereocenters. The smallest absolute Gasteiger partial charge is 0.543 e. The number of nitrogens with zero attached hydrogens (tertiary/aromatic N) is 2. The molecule has 1 aromatic carbocycles. The summed E-state index contributed by atoms with van der Waals surface area (Å²) in [6.45, 7) is 4.99. The summed E-state index contributed by atoms with van der Waals surface area (Å²) in [7, 11) is 0. The van der Waals surface area contributed by atoms with Crippen LogP contribution in [0.15, 0.2) is 30.3 Å². The number of carboxylic acid groups (broad SMARTS) is 1. The van der Waals surface area contributed by atoms with Gasteiger partial charge in [0.05, 0.1) is 22.9 Å². The van der Waals surface area contributed by atoms with E-state index in [-0.39, 0.29) is 35.3 Å². The van der Waals surface area contributed by atoms with Crippen molar-refractivity contribution < 1.29 is 39.5 Å². The molecule has 0 aliphatic heterocycles. The van der Waals surface area contributed by atoms with Crippen LogP contribution in [0, 0.1) is 0 Å².